The van der Waals surface area contributed by atoms with E-state index >= 15 is 0 Å². The Morgan fingerprint density at radius 1 is 1.75 bits per heavy atom. The summed E-state index contributed by atoms with van der Waals surface area (Å²) < 4.78 is 15.9. The molecule has 0 rings (SSSR count). The quantitative estimate of drug-likeness (QED) is 0.555. The second-order valence-corrected chi connectivity index (χ2v) is 0.668. The molecule has 0 aliphatic rings. The summed E-state index contributed by atoms with van der Waals surface area (Å²) in [6.45, 7) is 0. The Bertz CT molecular complexity index is 13.5. The zero-order valence-electron chi connectivity index (χ0n) is 1.80. The molecule has 4 heavy (non-hydrogen) atoms. The molecule has 0 aliphatic heterocycles. The first-order valence-corrected chi connectivity index (χ1v) is 3.13. The normalized spacial score (nSPS) is 3.25. The molecule has 0 unspecified atom stereocenters. The van der Waals surface area contributed by atoms with Crippen molar-refractivity contribution in [3.05, 3.63) is 0 Å². The Morgan fingerprint density at radius 3 is 1.75 bits per heavy atom. The molecule has 0 amide bonds. The van der Waals surface area contributed by atoms with Crippen LogP contribution in [0, 0.1) is 0 Å². The van der Waals surface area contributed by atoms with E-state index in [1.807, 2.05) is 0 Å². The van der Waals surface area contributed by atoms with Gasteiger partial charge in [0.05, 0.1) is 0 Å². The number of hydrogen-bond acceptors (Lipinski definition) is 1. The minimum atomic E-state index is -2.08. The SMILES string of the molecule is [Hf].[O]=[Ta][OH]. The summed E-state index contributed by atoms with van der Waals surface area (Å²) in [5.41, 5.74) is 0. The molecule has 0 aromatic heterocycles. The predicted octanol–water partition coefficient (Wildman–Crippen LogP) is -0.681. The van der Waals surface area contributed by atoms with Crippen LogP contribution in [-0.4, -0.2) is 3.61 Å². The van der Waals surface area contributed by atoms with Gasteiger partial charge in [0.15, 0.2) is 0 Å². The molecular formula is HHfO2Ta. The molecule has 0 saturated heterocycles. The van der Waals surface area contributed by atoms with Crippen molar-refractivity contribution in [2.45, 2.75) is 0 Å². The van der Waals surface area contributed by atoms with Crippen LogP contribution in [0.2, 0.25) is 0 Å². The van der Waals surface area contributed by atoms with Gasteiger partial charge in [-0.1, -0.05) is 0 Å². The van der Waals surface area contributed by atoms with Crippen LogP contribution in [-0.2, 0) is 49.2 Å². The van der Waals surface area contributed by atoms with Crippen molar-refractivity contribution in [2.75, 3.05) is 0 Å². The summed E-state index contributed by atoms with van der Waals surface area (Å²) >= 11 is -2.08. The summed E-state index contributed by atoms with van der Waals surface area (Å²) in [6, 6.07) is 0. The molecule has 2 nitrogen and oxygen atoms in total. The van der Waals surface area contributed by atoms with Crippen LogP contribution in [0.15, 0.2) is 0 Å². The Kier molecular flexibility index (Phi) is 19.9. The van der Waals surface area contributed by atoms with E-state index in [4.69, 9.17) is 6.86 Å². The average molecular weight is 392 g/mol. The molecule has 0 aliphatic carbocycles. The van der Waals surface area contributed by atoms with E-state index in [9.17, 15) is 0 Å². The third-order valence-corrected chi connectivity index (χ3v) is 0. The monoisotopic (exact) mass is 394 g/mol. The van der Waals surface area contributed by atoms with Gasteiger partial charge in [0.25, 0.3) is 0 Å². The van der Waals surface area contributed by atoms with E-state index in [1.54, 1.807) is 0 Å². The molecule has 0 aromatic carbocycles. The van der Waals surface area contributed by atoms with Crippen LogP contribution in [0.4, 0.5) is 0 Å². The molecule has 0 aromatic rings. The van der Waals surface area contributed by atoms with Crippen molar-refractivity contribution in [1.29, 1.82) is 0 Å². The fourth-order valence-corrected chi connectivity index (χ4v) is 0. The average Bonchev–Trinajstić information content (AvgIpc) is 0.918. The van der Waals surface area contributed by atoms with Gasteiger partial charge < -0.3 is 0 Å². The van der Waals surface area contributed by atoms with E-state index < -0.39 is 20.1 Å². The van der Waals surface area contributed by atoms with Gasteiger partial charge in [-0.3, -0.25) is 0 Å². The van der Waals surface area contributed by atoms with Gasteiger partial charge in [-0.2, -0.15) is 0 Å². The Hall–Kier alpha value is 1.37. The fraction of sp³-hybridized carbons (Fsp3) is 0. The molecule has 22 valence electrons. The fourth-order valence-electron chi connectivity index (χ4n) is 0. The topological polar surface area (TPSA) is 37.3 Å². The van der Waals surface area contributed by atoms with E-state index in [1.165, 1.54) is 0 Å². The third kappa shape index (κ3) is 10.1. The molecule has 0 radical (unpaired) electrons. The van der Waals surface area contributed by atoms with Gasteiger partial charge in [0.1, 0.15) is 0 Å². The first-order chi connectivity index (χ1) is 1.41. The van der Waals surface area contributed by atoms with Crippen LogP contribution in [0.1, 0.15) is 0 Å². The van der Waals surface area contributed by atoms with Gasteiger partial charge in [0.2, 0.25) is 0 Å². The minimum absolute atomic E-state index is 0. The van der Waals surface area contributed by atoms with Crippen LogP contribution in [0.3, 0.4) is 0 Å². The molecule has 1 N–H and O–H groups in total. The van der Waals surface area contributed by atoms with Crippen LogP contribution >= 0.6 is 0 Å². The first kappa shape index (κ1) is 9.03. The van der Waals surface area contributed by atoms with E-state index in [0.29, 0.717) is 0 Å². The number of hydrogen-bond donors (Lipinski definition) is 1. The van der Waals surface area contributed by atoms with Gasteiger partial charge in [-0.05, 0) is 0 Å². The maximum atomic E-state index is 8.67. The third-order valence-electron chi connectivity index (χ3n) is 0. The van der Waals surface area contributed by atoms with Crippen molar-refractivity contribution >= 4 is 0 Å². The van der Waals surface area contributed by atoms with Crippen molar-refractivity contribution in [3.63, 3.8) is 0 Å². The van der Waals surface area contributed by atoms with Gasteiger partial charge in [0, 0.05) is 25.8 Å². The van der Waals surface area contributed by atoms with Gasteiger partial charge >= 0.3 is 27.0 Å². The van der Waals surface area contributed by atoms with Crippen LogP contribution in [0.5, 0.6) is 0 Å². The van der Waals surface area contributed by atoms with Crippen molar-refractivity contribution in [3.8, 4) is 0 Å². The van der Waals surface area contributed by atoms with Gasteiger partial charge in [-0.25, -0.2) is 0 Å². The van der Waals surface area contributed by atoms with E-state index in [2.05, 4.69) is 0 Å². The molecule has 0 fully saturated rings. The Morgan fingerprint density at radius 2 is 1.75 bits per heavy atom. The maximum absolute atomic E-state index is 8.67. The van der Waals surface area contributed by atoms with Crippen molar-refractivity contribution in [1.82, 2.24) is 0 Å². The molecule has 0 spiro atoms. The van der Waals surface area contributed by atoms with Crippen molar-refractivity contribution < 1.29 is 52.8 Å². The standard InChI is InChI=1S/Hf.H2O.O.Ta/h;1H2;;/q;;;+1/p-1. The molecule has 0 heterocycles. The Labute approximate surface area is 52.5 Å². The summed E-state index contributed by atoms with van der Waals surface area (Å²) in [5, 5.41) is 0. The summed E-state index contributed by atoms with van der Waals surface area (Å²) in [5.74, 6) is 0. The second-order valence-electron chi connectivity index (χ2n) is 0.0816. The molecule has 0 saturated carbocycles. The van der Waals surface area contributed by atoms with E-state index in [-0.39, 0.29) is 25.8 Å². The van der Waals surface area contributed by atoms with Crippen LogP contribution in [0.25, 0.3) is 0 Å². The first-order valence-electron chi connectivity index (χ1n) is 0.383. The molecule has 4 heteroatoms. The predicted molar refractivity (Wildman–Crippen MR) is 2.91 cm³/mol. The van der Waals surface area contributed by atoms with E-state index in [0.717, 1.165) is 0 Å². The molecule has 0 atom stereocenters. The molecular weight excluding hydrogens is 391 g/mol. The molecule has 0 bridgehead atoms. The summed E-state index contributed by atoms with van der Waals surface area (Å²) in [6.07, 6.45) is 0. The Balaban J connectivity index is 0. The summed E-state index contributed by atoms with van der Waals surface area (Å²) in [4.78, 5) is 0. The number of rotatable bonds is 0. The van der Waals surface area contributed by atoms with Gasteiger partial charge in [-0.15, -0.1) is 0 Å². The zero-order chi connectivity index (χ0) is 2.71. The summed E-state index contributed by atoms with van der Waals surface area (Å²) in [7, 11) is 0. The van der Waals surface area contributed by atoms with Crippen molar-refractivity contribution in [2.24, 2.45) is 0 Å². The van der Waals surface area contributed by atoms with Crippen LogP contribution < -0.4 is 0 Å². The second kappa shape index (κ2) is 8.84. The zero-order valence-corrected chi connectivity index (χ0v) is 8.61.